The lowest BCUT2D eigenvalue weighted by molar-refractivity contribution is 0.0503. The molecule has 0 rings (SSSR count). The number of carbonyl (C=O) groups is 1. The van der Waals surface area contributed by atoms with Crippen molar-refractivity contribution in [1.82, 2.24) is 5.32 Å². The van der Waals surface area contributed by atoms with Crippen LogP contribution < -0.4 is 11.1 Å². The maximum Gasteiger partial charge on any atom is 0.407 e. The number of carbonyl (C=O) groups excluding carboxylic acids is 1. The van der Waals surface area contributed by atoms with Crippen LogP contribution in [0.5, 0.6) is 0 Å². The summed E-state index contributed by atoms with van der Waals surface area (Å²) in [5.41, 5.74) is 5.12. The summed E-state index contributed by atoms with van der Waals surface area (Å²) in [6, 6.07) is -0.151. The van der Waals surface area contributed by atoms with Gasteiger partial charge < -0.3 is 15.8 Å². The van der Waals surface area contributed by atoms with Gasteiger partial charge in [0.25, 0.3) is 0 Å². The van der Waals surface area contributed by atoms with E-state index < -0.39 is 11.7 Å². The Balaban J connectivity index is 3.89. The molecule has 78 valence electrons. The minimum Gasteiger partial charge on any atom is -0.444 e. The first-order valence-electron chi connectivity index (χ1n) is 4.47. The molecule has 3 N–H and O–H groups in total. The molecule has 0 aromatic rings. The van der Waals surface area contributed by atoms with Crippen LogP contribution in [0.15, 0.2) is 0 Å². The minimum atomic E-state index is -0.457. The molecule has 2 atom stereocenters. The van der Waals surface area contributed by atoms with Crippen LogP contribution in [-0.4, -0.2) is 23.8 Å². The molecule has 0 saturated carbocycles. The first-order valence-corrected chi connectivity index (χ1v) is 4.47. The van der Waals surface area contributed by atoms with Gasteiger partial charge in [0.15, 0.2) is 0 Å². The third-order valence-corrected chi connectivity index (χ3v) is 1.53. The predicted molar refractivity (Wildman–Crippen MR) is 52.5 cm³/mol. The molecule has 0 spiro atoms. The fourth-order valence-electron chi connectivity index (χ4n) is 0.625. The second-order valence-electron chi connectivity index (χ2n) is 4.29. The third kappa shape index (κ3) is 6.40. The van der Waals surface area contributed by atoms with Gasteiger partial charge >= 0.3 is 6.09 Å². The van der Waals surface area contributed by atoms with Gasteiger partial charge in [-0.15, -0.1) is 0 Å². The monoisotopic (exact) mass is 188 g/mol. The number of amides is 1. The molecule has 0 aromatic heterocycles. The molecule has 13 heavy (non-hydrogen) atoms. The minimum absolute atomic E-state index is 0.0742. The van der Waals surface area contributed by atoms with Gasteiger partial charge in [0.1, 0.15) is 5.60 Å². The molecule has 4 heteroatoms. The molecule has 0 bridgehead atoms. The summed E-state index contributed by atoms with van der Waals surface area (Å²) in [5, 5.41) is 2.65. The van der Waals surface area contributed by atoms with Gasteiger partial charge in [-0.25, -0.2) is 4.79 Å². The molecule has 0 aliphatic carbocycles. The van der Waals surface area contributed by atoms with Crippen molar-refractivity contribution < 1.29 is 9.53 Å². The molecule has 2 unspecified atom stereocenters. The number of nitrogens with one attached hydrogen (secondary N) is 1. The first-order chi connectivity index (χ1) is 5.72. The van der Waals surface area contributed by atoms with Crippen LogP contribution in [0.3, 0.4) is 0 Å². The van der Waals surface area contributed by atoms with E-state index in [9.17, 15) is 4.79 Å². The molecule has 0 saturated heterocycles. The fourth-order valence-corrected chi connectivity index (χ4v) is 0.625. The maximum absolute atomic E-state index is 11.2. The van der Waals surface area contributed by atoms with Crippen molar-refractivity contribution >= 4 is 6.09 Å². The maximum atomic E-state index is 11.2. The van der Waals surface area contributed by atoms with Crippen LogP contribution in [0.2, 0.25) is 0 Å². The third-order valence-electron chi connectivity index (χ3n) is 1.53. The Kier molecular flexibility index (Phi) is 4.20. The van der Waals surface area contributed by atoms with E-state index >= 15 is 0 Å². The molecule has 0 heterocycles. The smallest absolute Gasteiger partial charge is 0.407 e. The summed E-state index contributed by atoms with van der Waals surface area (Å²) >= 11 is 0. The average Bonchev–Trinajstić information content (AvgIpc) is 1.81. The van der Waals surface area contributed by atoms with E-state index in [4.69, 9.17) is 10.5 Å². The Hall–Kier alpha value is -0.770. The Labute approximate surface area is 79.8 Å². The number of ether oxygens (including phenoxy) is 1. The lowest BCUT2D eigenvalue weighted by atomic mass is 10.2. The predicted octanol–water partition coefficient (Wildman–Crippen LogP) is 1.25. The molecule has 1 amide bonds. The lowest BCUT2D eigenvalue weighted by Gasteiger charge is -2.23. The van der Waals surface area contributed by atoms with E-state index in [1.807, 2.05) is 34.6 Å². The van der Waals surface area contributed by atoms with Crippen molar-refractivity contribution in [2.45, 2.75) is 52.3 Å². The summed E-state index contributed by atoms with van der Waals surface area (Å²) in [6.07, 6.45) is -0.419. The second-order valence-corrected chi connectivity index (χ2v) is 4.29. The van der Waals surface area contributed by atoms with Gasteiger partial charge in [-0.3, -0.25) is 0 Å². The SMILES string of the molecule is CC(N)C(C)NC(=O)OC(C)(C)C. The van der Waals surface area contributed by atoms with Gasteiger partial charge in [0, 0.05) is 12.1 Å². The van der Waals surface area contributed by atoms with Gasteiger partial charge in [-0.2, -0.15) is 0 Å². The Bertz CT molecular complexity index is 173. The standard InChI is InChI=1S/C9H20N2O2/c1-6(10)7(2)11-8(12)13-9(3,4)5/h6-7H,10H2,1-5H3,(H,11,12). The van der Waals surface area contributed by atoms with Crippen LogP contribution in [0.1, 0.15) is 34.6 Å². The van der Waals surface area contributed by atoms with E-state index in [-0.39, 0.29) is 12.1 Å². The fraction of sp³-hybridized carbons (Fsp3) is 0.889. The van der Waals surface area contributed by atoms with Gasteiger partial charge in [0.2, 0.25) is 0 Å². The molecule has 0 fully saturated rings. The largest absolute Gasteiger partial charge is 0.444 e. The topological polar surface area (TPSA) is 64.3 Å². The molecular weight excluding hydrogens is 168 g/mol. The molecule has 0 aromatic carbocycles. The first kappa shape index (κ1) is 12.2. The van der Waals surface area contributed by atoms with E-state index in [0.29, 0.717) is 0 Å². The summed E-state index contributed by atoms with van der Waals surface area (Å²) in [7, 11) is 0. The van der Waals surface area contributed by atoms with E-state index in [2.05, 4.69) is 5.32 Å². The van der Waals surface area contributed by atoms with Crippen molar-refractivity contribution in [2.24, 2.45) is 5.73 Å². The lowest BCUT2D eigenvalue weighted by Crippen LogP contribution is -2.45. The van der Waals surface area contributed by atoms with Gasteiger partial charge in [-0.05, 0) is 34.6 Å². The molecule has 4 nitrogen and oxygen atoms in total. The van der Waals surface area contributed by atoms with Gasteiger partial charge in [0.05, 0.1) is 0 Å². The summed E-state index contributed by atoms with van der Waals surface area (Å²) in [6.45, 7) is 9.14. The Morgan fingerprint density at radius 2 is 1.85 bits per heavy atom. The Morgan fingerprint density at radius 3 is 2.15 bits per heavy atom. The number of hydrogen-bond acceptors (Lipinski definition) is 3. The zero-order valence-corrected chi connectivity index (χ0v) is 9.05. The van der Waals surface area contributed by atoms with Crippen LogP contribution in [0.25, 0.3) is 0 Å². The molecule has 0 radical (unpaired) electrons. The highest BCUT2D eigenvalue weighted by Crippen LogP contribution is 2.06. The Morgan fingerprint density at radius 1 is 1.38 bits per heavy atom. The number of hydrogen-bond donors (Lipinski definition) is 2. The molecular formula is C9H20N2O2. The zero-order valence-electron chi connectivity index (χ0n) is 9.05. The highest BCUT2D eigenvalue weighted by atomic mass is 16.6. The highest BCUT2D eigenvalue weighted by molar-refractivity contribution is 5.68. The van der Waals surface area contributed by atoms with Crippen LogP contribution in [-0.2, 0) is 4.74 Å². The van der Waals surface area contributed by atoms with E-state index in [1.54, 1.807) is 0 Å². The van der Waals surface area contributed by atoms with E-state index in [1.165, 1.54) is 0 Å². The summed E-state index contributed by atoms with van der Waals surface area (Å²) in [4.78, 5) is 11.2. The quantitative estimate of drug-likeness (QED) is 0.685. The summed E-state index contributed by atoms with van der Waals surface area (Å²) < 4.78 is 5.05. The van der Waals surface area contributed by atoms with E-state index in [0.717, 1.165) is 0 Å². The zero-order chi connectivity index (χ0) is 10.6. The van der Waals surface area contributed by atoms with Crippen LogP contribution in [0.4, 0.5) is 4.79 Å². The second kappa shape index (κ2) is 4.46. The van der Waals surface area contributed by atoms with Crippen molar-refractivity contribution in [2.75, 3.05) is 0 Å². The van der Waals surface area contributed by atoms with Crippen molar-refractivity contribution in [1.29, 1.82) is 0 Å². The summed E-state index contributed by atoms with van der Waals surface area (Å²) in [5.74, 6) is 0. The highest BCUT2D eigenvalue weighted by Gasteiger charge is 2.18. The van der Waals surface area contributed by atoms with Gasteiger partial charge in [-0.1, -0.05) is 0 Å². The molecule has 0 aliphatic rings. The number of rotatable bonds is 2. The number of nitrogens with two attached hydrogens (primary N) is 1. The van der Waals surface area contributed by atoms with Crippen LogP contribution >= 0.6 is 0 Å². The molecule has 0 aliphatic heterocycles. The normalized spacial score (nSPS) is 16.2. The van der Waals surface area contributed by atoms with Crippen LogP contribution in [0, 0.1) is 0 Å². The van der Waals surface area contributed by atoms with Crippen molar-refractivity contribution in [3.63, 3.8) is 0 Å². The number of alkyl carbamates (subject to hydrolysis) is 1. The average molecular weight is 188 g/mol. The van der Waals surface area contributed by atoms with Crippen molar-refractivity contribution in [3.8, 4) is 0 Å². The van der Waals surface area contributed by atoms with Crippen molar-refractivity contribution in [3.05, 3.63) is 0 Å².